The second-order valence-corrected chi connectivity index (χ2v) is 7.25. The van der Waals surface area contributed by atoms with Gasteiger partial charge >= 0.3 is 0 Å². The summed E-state index contributed by atoms with van der Waals surface area (Å²) in [6.45, 7) is 14.1. The third kappa shape index (κ3) is 5.21. The number of fused-ring (bicyclic) bond motifs is 3. The van der Waals surface area contributed by atoms with E-state index in [2.05, 4.69) is 43.1 Å². The molecule has 144 valence electrons. The Morgan fingerprint density at radius 1 is 1.35 bits per heavy atom. The van der Waals surface area contributed by atoms with Gasteiger partial charge in [0.1, 0.15) is 11.9 Å². The van der Waals surface area contributed by atoms with Crippen LogP contribution < -0.4 is 10.1 Å². The summed E-state index contributed by atoms with van der Waals surface area (Å²) < 4.78 is 6.48. The van der Waals surface area contributed by atoms with E-state index in [1.807, 2.05) is 20.8 Å². The molecule has 1 heterocycles. The van der Waals surface area contributed by atoms with E-state index in [4.69, 9.17) is 9.84 Å². The molecule has 1 fully saturated rings. The molecule has 2 aliphatic rings. The lowest BCUT2D eigenvalue weighted by molar-refractivity contribution is 0.183. The molecule has 3 atom stereocenters. The van der Waals surface area contributed by atoms with Crippen molar-refractivity contribution in [1.82, 2.24) is 5.32 Å². The number of rotatable bonds is 7. The SMILES string of the molecule is C=C(C)/C=C\c1c(C)ccc2c1O[C@@H](CNCCCO)CC1CC21.CC. The quantitative estimate of drug-likeness (QED) is 0.542. The van der Waals surface area contributed by atoms with Gasteiger partial charge < -0.3 is 15.2 Å². The molecule has 2 unspecified atom stereocenters. The monoisotopic (exact) mass is 357 g/mol. The van der Waals surface area contributed by atoms with Crippen LogP contribution in [-0.2, 0) is 0 Å². The van der Waals surface area contributed by atoms with Crippen molar-refractivity contribution in [3.05, 3.63) is 47.1 Å². The number of allylic oxidation sites excluding steroid dienone is 2. The van der Waals surface area contributed by atoms with E-state index >= 15 is 0 Å². The van der Waals surface area contributed by atoms with Crippen LogP contribution >= 0.6 is 0 Å². The van der Waals surface area contributed by atoms with Gasteiger partial charge in [-0.15, -0.1) is 0 Å². The van der Waals surface area contributed by atoms with E-state index in [9.17, 15) is 0 Å². The van der Waals surface area contributed by atoms with Gasteiger partial charge in [-0.05, 0) is 62.6 Å². The summed E-state index contributed by atoms with van der Waals surface area (Å²) in [6.07, 6.45) is 7.62. The zero-order valence-corrected chi connectivity index (χ0v) is 16.8. The predicted molar refractivity (Wildman–Crippen MR) is 111 cm³/mol. The standard InChI is InChI=1S/C21H29NO2.C2H6/c1-14(2)5-7-18-15(3)6-8-19-20-12-16(20)11-17(24-21(18)19)13-22-9-4-10-23;1-2/h5-8,16-17,20,22-23H,1,4,9-13H2,2-3H3;1-2H3/b7-5-;/t16?,17-,20?;/m1./s1. The minimum Gasteiger partial charge on any atom is -0.488 e. The molecule has 26 heavy (non-hydrogen) atoms. The molecule has 1 saturated carbocycles. The second-order valence-electron chi connectivity index (χ2n) is 7.25. The number of nitrogens with one attached hydrogen (secondary N) is 1. The fourth-order valence-electron chi connectivity index (χ4n) is 3.60. The van der Waals surface area contributed by atoms with Gasteiger partial charge in [0.25, 0.3) is 0 Å². The van der Waals surface area contributed by atoms with Gasteiger partial charge in [0.15, 0.2) is 0 Å². The molecule has 3 rings (SSSR count). The summed E-state index contributed by atoms with van der Waals surface area (Å²) >= 11 is 0. The Morgan fingerprint density at radius 3 is 2.81 bits per heavy atom. The van der Waals surface area contributed by atoms with Gasteiger partial charge in [0.2, 0.25) is 0 Å². The van der Waals surface area contributed by atoms with Crippen molar-refractivity contribution in [3.63, 3.8) is 0 Å². The third-order valence-corrected chi connectivity index (χ3v) is 5.03. The number of ether oxygens (including phenoxy) is 1. The molecule has 1 aliphatic carbocycles. The molecule has 0 amide bonds. The maximum absolute atomic E-state index is 8.91. The zero-order chi connectivity index (χ0) is 19.1. The maximum Gasteiger partial charge on any atom is 0.130 e. The number of hydrogen-bond acceptors (Lipinski definition) is 3. The highest BCUT2D eigenvalue weighted by molar-refractivity contribution is 5.66. The van der Waals surface area contributed by atoms with Crippen LogP contribution in [0, 0.1) is 12.8 Å². The van der Waals surface area contributed by atoms with E-state index in [0.717, 1.165) is 43.2 Å². The van der Waals surface area contributed by atoms with Crippen molar-refractivity contribution in [1.29, 1.82) is 0 Å². The molecule has 1 aromatic carbocycles. The van der Waals surface area contributed by atoms with Gasteiger partial charge in [-0.25, -0.2) is 0 Å². The van der Waals surface area contributed by atoms with Crippen molar-refractivity contribution in [3.8, 4) is 5.75 Å². The topological polar surface area (TPSA) is 41.5 Å². The Morgan fingerprint density at radius 2 is 2.12 bits per heavy atom. The summed E-state index contributed by atoms with van der Waals surface area (Å²) in [6, 6.07) is 4.48. The van der Waals surface area contributed by atoms with Crippen LogP contribution in [0.4, 0.5) is 0 Å². The molecule has 0 radical (unpaired) electrons. The predicted octanol–water partition coefficient (Wildman–Crippen LogP) is 4.84. The third-order valence-electron chi connectivity index (χ3n) is 5.03. The van der Waals surface area contributed by atoms with Crippen molar-refractivity contribution < 1.29 is 9.84 Å². The molecule has 1 aliphatic heterocycles. The maximum atomic E-state index is 8.91. The van der Waals surface area contributed by atoms with Crippen molar-refractivity contribution >= 4 is 6.08 Å². The summed E-state index contributed by atoms with van der Waals surface area (Å²) in [5.41, 5.74) is 4.87. The number of aliphatic hydroxyl groups is 1. The highest BCUT2D eigenvalue weighted by Gasteiger charge is 2.44. The smallest absolute Gasteiger partial charge is 0.130 e. The molecule has 1 aromatic rings. The van der Waals surface area contributed by atoms with Crippen molar-refractivity contribution in [2.75, 3.05) is 19.7 Å². The summed E-state index contributed by atoms with van der Waals surface area (Å²) in [5, 5.41) is 12.3. The van der Waals surface area contributed by atoms with Gasteiger partial charge in [-0.3, -0.25) is 0 Å². The largest absolute Gasteiger partial charge is 0.488 e. The molecule has 0 bridgehead atoms. The van der Waals surface area contributed by atoms with Crippen LogP contribution in [0.2, 0.25) is 0 Å². The van der Waals surface area contributed by atoms with Crippen LogP contribution in [-0.4, -0.2) is 30.9 Å². The van der Waals surface area contributed by atoms with Crippen LogP contribution in [0.15, 0.2) is 30.4 Å². The fraction of sp³-hybridized carbons (Fsp3) is 0.565. The van der Waals surface area contributed by atoms with Crippen molar-refractivity contribution in [2.24, 2.45) is 5.92 Å². The van der Waals surface area contributed by atoms with E-state index < -0.39 is 0 Å². The Labute approximate surface area is 159 Å². The minimum absolute atomic E-state index is 0.207. The van der Waals surface area contributed by atoms with Gasteiger partial charge in [-0.2, -0.15) is 0 Å². The van der Waals surface area contributed by atoms with Crippen LogP contribution in [0.25, 0.3) is 6.08 Å². The Balaban J connectivity index is 0.00000117. The lowest BCUT2D eigenvalue weighted by Gasteiger charge is -2.22. The molecule has 0 saturated heterocycles. The summed E-state index contributed by atoms with van der Waals surface area (Å²) in [7, 11) is 0. The number of aliphatic hydroxyl groups excluding tert-OH is 1. The van der Waals surface area contributed by atoms with E-state index in [-0.39, 0.29) is 12.7 Å². The first-order valence-corrected chi connectivity index (χ1v) is 10.1. The van der Waals surface area contributed by atoms with E-state index in [1.54, 1.807) is 0 Å². The first-order chi connectivity index (χ1) is 12.6. The van der Waals surface area contributed by atoms with E-state index in [1.165, 1.54) is 23.1 Å². The van der Waals surface area contributed by atoms with Gasteiger partial charge in [0, 0.05) is 18.7 Å². The number of aryl methyl sites for hydroxylation is 1. The number of benzene rings is 1. The average molecular weight is 358 g/mol. The van der Waals surface area contributed by atoms with Gasteiger partial charge in [-0.1, -0.05) is 50.3 Å². The normalized spacial score (nSPS) is 23.2. The van der Waals surface area contributed by atoms with Crippen LogP contribution in [0.3, 0.4) is 0 Å². The molecule has 3 heteroatoms. The van der Waals surface area contributed by atoms with Crippen LogP contribution in [0.1, 0.15) is 62.6 Å². The van der Waals surface area contributed by atoms with Crippen molar-refractivity contribution in [2.45, 2.75) is 59.0 Å². The lowest BCUT2D eigenvalue weighted by Crippen LogP contribution is -2.32. The number of hydrogen-bond donors (Lipinski definition) is 2. The highest BCUT2D eigenvalue weighted by Crippen LogP contribution is 2.56. The fourth-order valence-corrected chi connectivity index (χ4v) is 3.60. The van der Waals surface area contributed by atoms with E-state index in [0.29, 0.717) is 5.92 Å². The first kappa shape index (κ1) is 20.7. The summed E-state index contributed by atoms with van der Waals surface area (Å²) in [4.78, 5) is 0. The molecule has 0 aromatic heterocycles. The zero-order valence-electron chi connectivity index (χ0n) is 16.8. The minimum atomic E-state index is 0.207. The van der Waals surface area contributed by atoms with Gasteiger partial charge in [0.05, 0.1) is 0 Å². The Kier molecular flexibility index (Phi) is 7.92. The highest BCUT2D eigenvalue weighted by atomic mass is 16.5. The molecular formula is C23H35NO2. The second kappa shape index (κ2) is 9.94. The first-order valence-electron chi connectivity index (χ1n) is 10.1. The summed E-state index contributed by atoms with van der Waals surface area (Å²) in [5.74, 6) is 2.50. The molecule has 3 nitrogen and oxygen atoms in total. The molecular weight excluding hydrogens is 322 g/mol. The average Bonchev–Trinajstić information content (AvgIpc) is 3.39. The van der Waals surface area contributed by atoms with Crippen LogP contribution in [0.5, 0.6) is 5.75 Å². The Bertz CT molecular complexity index is 635. The lowest BCUT2D eigenvalue weighted by atomic mass is 9.99. The Hall–Kier alpha value is -1.58. The molecule has 0 spiro atoms. The molecule has 2 N–H and O–H groups in total.